The van der Waals surface area contributed by atoms with Crippen LogP contribution in [-0.2, 0) is 32.6 Å². The number of carbonyl (C=O) groups is 2. The van der Waals surface area contributed by atoms with Gasteiger partial charge >= 0.3 is 0 Å². The molecule has 4 aromatic rings. The Morgan fingerprint density at radius 1 is 0.872 bits per heavy atom. The van der Waals surface area contributed by atoms with E-state index in [1.807, 2.05) is 30.3 Å². The number of methoxy groups -OCH3 is 1. The van der Waals surface area contributed by atoms with Gasteiger partial charge in [0.15, 0.2) is 0 Å². The number of sulfonamides is 1. The number of amides is 2. The van der Waals surface area contributed by atoms with Gasteiger partial charge in [0.25, 0.3) is 10.0 Å². The SMILES string of the molecule is COc1cccc(N(CC(=O)N(Cc2c(Cl)cccc2Cl)C(Cc2ccccc2)C(=O)NC2CCCC2)S(=O)(=O)c2ccccc2)c1. The summed E-state index contributed by atoms with van der Waals surface area (Å²) in [5, 5.41) is 3.81. The van der Waals surface area contributed by atoms with Gasteiger partial charge < -0.3 is 15.0 Å². The Labute approximate surface area is 286 Å². The number of anilines is 1. The summed E-state index contributed by atoms with van der Waals surface area (Å²) in [6, 6.07) is 27.8. The molecule has 47 heavy (non-hydrogen) atoms. The predicted octanol–water partition coefficient (Wildman–Crippen LogP) is 6.90. The van der Waals surface area contributed by atoms with Gasteiger partial charge in [0.05, 0.1) is 17.7 Å². The van der Waals surface area contributed by atoms with E-state index < -0.39 is 28.5 Å². The molecular formula is C36H37Cl2N3O5S. The van der Waals surface area contributed by atoms with Gasteiger partial charge in [-0.25, -0.2) is 8.42 Å². The molecule has 0 aliphatic heterocycles. The lowest BCUT2D eigenvalue weighted by atomic mass is 10.0. The molecule has 0 spiro atoms. The predicted molar refractivity (Wildman–Crippen MR) is 185 cm³/mol. The summed E-state index contributed by atoms with van der Waals surface area (Å²) < 4.78 is 34.8. The summed E-state index contributed by atoms with van der Waals surface area (Å²) in [7, 11) is -2.76. The second-order valence-corrected chi connectivity index (χ2v) is 14.1. The van der Waals surface area contributed by atoms with Crippen LogP contribution in [0.15, 0.2) is 108 Å². The number of nitrogens with one attached hydrogen (secondary N) is 1. The highest BCUT2D eigenvalue weighted by Crippen LogP contribution is 2.30. The zero-order valence-corrected chi connectivity index (χ0v) is 28.3. The third kappa shape index (κ3) is 8.46. The maximum Gasteiger partial charge on any atom is 0.264 e. The Hall–Kier alpha value is -4.05. The molecule has 0 aromatic heterocycles. The molecule has 1 saturated carbocycles. The van der Waals surface area contributed by atoms with Crippen LogP contribution in [0.1, 0.15) is 36.8 Å². The van der Waals surface area contributed by atoms with Crippen molar-refractivity contribution in [2.45, 2.75) is 55.6 Å². The lowest BCUT2D eigenvalue weighted by Crippen LogP contribution is -2.54. The van der Waals surface area contributed by atoms with E-state index in [2.05, 4.69) is 5.32 Å². The maximum absolute atomic E-state index is 14.7. The van der Waals surface area contributed by atoms with Crippen molar-refractivity contribution < 1.29 is 22.7 Å². The van der Waals surface area contributed by atoms with Gasteiger partial charge in [-0.2, -0.15) is 0 Å². The fourth-order valence-corrected chi connectivity index (χ4v) is 7.73. The second-order valence-electron chi connectivity index (χ2n) is 11.4. The molecule has 0 radical (unpaired) electrons. The summed E-state index contributed by atoms with van der Waals surface area (Å²) in [6.45, 7) is -0.723. The molecule has 246 valence electrons. The lowest BCUT2D eigenvalue weighted by Gasteiger charge is -2.34. The Kier molecular flexibility index (Phi) is 11.4. The first-order chi connectivity index (χ1) is 22.7. The molecule has 1 N–H and O–H groups in total. The van der Waals surface area contributed by atoms with E-state index in [4.69, 9.17) is 27.9 Å². The average molecular weight is 695 g/mol. The maximum atomic E-state index is 14.7. The van der Waals surface area contributed by atoms with Crippen LogP contribution in [0, 0.1) is 0 Å². The first kappa shape index (κ1) is 34.3. The van der Waals surface area contributed by atoms with E-state index in [0.717, 1.165) is 35.6 Å². The summed E-state index contributed by atoms with van der Waals surface area (Å²) in [4.78, 5) is 30.2. The zero-order valence-electron chi connectivity index (χ0n) is 26.0. The molecule has 5 rings (SSSR count). The quantitative estimate of drug-likeness (QED) is 0.164. The summed E-state index contributed by atoms with van der Waals surface area (Å²) >= 11 is 13.2. The minimum Gasteiger partial charge on any atom is -0.497 e. The number of benzene rings is 4. The number of carbonyl (C=O) groups excluding carboxylic acids is 2. The molecule has 1 fully saturated rings. The smallest absolute Gasteiger partial charge is 0.264 e. The number of hydrogen-bond acceptors (Lipinski definition) is 5. The number of halogens is 2. The topological polar surface area (TPSA) is 96.0 Å². The van der Waals surface area contributed by atoms with Gasteiger partial charge in [-0.15, -0.1) is 0 Å². The van der Waals surface area contributed by atoms with E-state index >= 15 is 0 Å². The Bertz CT molecular complexity index is 1760. The highest BCUT2D eigenvalue weighted by molar-refractivity contribution is 7.92. The van der Waals surface area contributed by atoms with Crippen LogP contribution in [-0.4, -0.2) is 50.9 Å². The number of nitrogens with zero attached hydrogens (tertiary/aromatic N) is 2. The molecule has 4 aromatic carbocycles. The van der Waals surface area contributed by atoms with Crippen molar-refractivity contribution in [2.75, 3.05) is 18.0 Å². The number of rotatable bonds is 13. The van der Waals surface area contributed by atoms with Crippen LogP contribution in [0.3, 0.4) is 0 Å². The Morgan fingerprint density at radius 3 is 2.13 bits per heavy atom. The van der Waals surface area contributed by atoms with Gasteiger partial charge in [-0.05, 0) is 54.8 Å². The van der Waals surface area contributed by atoms with Gasteiger partial charge in [0.2, 0.25) is 11.8 Å². The Morgan fingerprint density at radius 2 is 1.49 bits per heavy atom. The second kappa shape index (κ2) is 15.7. The van der Waals surface area contributed by atoms with Crippen molar-refractivity contribution >= 4 is 50.7 Å². The Balaban J connectivity index is 1.60. The molecule has 8 nitrogen and oxygen atoms in total. The summed E-state index contributed by atoms with van der Waals surface area (Å²) in [6.07, 6.45) is 3.93. The molecule has 1 unspecified atom stereocenters. The standard InChI is InChI=1S/C36H37Cl2N3O5S/c1-46-29-17-10-16-28(23-29)41(47(44,45)30-18-6-3-7-19-30)25-35(42)40(24-31-32(37)20-11-21-33(31)38)34(22-26-12-4-2-5-13-26)36(43)39-27-14-8-9-15-27/h2-7,10-13,16-21,23,27,34H,8-9,14-15,22,24-25H2,1H3,(H,39,43). The molecule has 11 heteroatoms. The van der Waals surface area contributed by atoms with Crippen LogP contribution in [0.4, 0.5) is 5.69 Å². The molecule has 2 amide bonds. The molecule has 1 aliphatic rings. The molecule has 0 saturated heterocycles. The summed E-state index contributed by atoms with van der Waals surface area (Å²) in [5.41, 5.74) is 1.52. The molecule has 1 atom stereocenters. The van der Waals surface area contributed by atoms with Crippen molar-refractivity contribution in [3.05, 3.63) is 124 Å². The highest BCUT2D eigenvalue weighted by Gasteiger charge is 2.36. The number of ether oxygens (including phenoxy) is 1. The van der Waals surface area contributed by atoms with E-state index in [0.29, 0.717) is 21.4 Å². The van der Waals surface area contributed by atoms with Gasteiger partial charge in [0, 0.05) is 40.7 Å². The van der Waals surface area contributed by atoms with Crippen LogP contribution in [0.2, 0.25) is 10.0 Å². The highest BCUT2D eigenvalue weighted by atomic mass is 35.5. The molecule has 0 heterocycles. The van der Waals surface area contributed by atoms with Gasteiger partial charge in [-0.1, -0.05) is 96.7 Å². The first-order valence-electron chi connectivity index (χ1n) is 15.5. The van der Waals surface area contributed by atoms with Crippen LogP contribution >= 0.6 is 23.2 Å². The molecule has 1 aliphatic carbocycles. The average Bonchev–Trinajstić information content (AvgIpc) is 3.60. The van der Waals surface area contributed by atoms with Gasteiger partial charge in [0.1, 0.15) is 18.3 Å². The normalized spacial score (nSPS) is 13.9. The fraction of sp³-hybridized carbons (Fsp3) is 0.278. The molecular weight excluding hydrogens is 657 g/mol. The first-order valence-corrected chi connectivity index (χ1v) is 17.7. The van der Waals surface area contributed by atoms with Gasteiger partial charge in [-0.3, -0.25) is 13.9 Å². The van der Waals surface area contributed by atoms with Crippen molar-refractivity contribution in [1.29, 1.82) is 0 Å². The van der Waals surface area contributed by atoms with E-state index in [-0.39, 0.29) is 35.5 Å². The summed E-state index contributed by atoms with van der Waals surface area (Å²) in [5.74, 6) is -0.511. The van der Waals surface area contributed by atoms with Crippen LogP contribution in [0.25, 0.3) is 0 Å². The van der Waals surface area contributed by atoms with Crippen molar-refractivity contribution in [2.24, 2.45) is 0 Å². The minimum atomic E-state index is -4.24. The lowest BCUT2D eigenvalue weighted by molar-refractivity contribution is -0.140. The third-order valence-corrected chi connectivity index (χ3v) is 10.8. The van der Waals surface area contributed by atoms with Crippen LogP contribution in [0.5, 0.6) is 5.75 Å². The third-order valence-electron chi connectivity index (χ3n) is 8.31. The minimum absolute atomic E-state index is 0.00614. The van der Waals surface area contributed by atoms with Crippen molar-refractivity contribution in [3.8, 4) is 5.75 Å². The fourth-order valence-electron chi connectivity index (χ4n) is 5.79. The van der Waals surface area contributed by atoms with E-state index in [1.54, 1.807) is 60.7 Å². The van der Waals surface area contributed by atoms with Crippen molar-refractivity contribution in [1.82, 2.24) is 10.2 Å². The van der Waals surface area contributed by atoms with Crippen LogP contribution < -0.4 is 14.4 Å². The largest absolute Gasteiger partial charge is 0.497 e. The molecule has 0 bridgehead atoms. The van der Waals surface area contributed by atoms with E-state index in [1.165, 1.54) is 24.1 Å². The number of hydrogen-bond donors (Lipinski definition) is 1. The van der Waals surface area contributed by atoms with E-state index in [9.17, 15) is 18.0 Å². The van der Waals surface area contributed by atoms with Crippen molar-refractivity contribution in [3.63, 3.8) is 0 Å². The monoisotopic (exact) mass is 693 g/mol. The zero-order chi connectivity index (χ0) is 33.4.